The highest BCUT2D eigenvalue weighted by atomic mass is 19.4. The molecule has 9 nitrogen and oxygen atoms in total. The van der Waals surface area contributed by atoms with E-state index in [2.05, 4.69) is 10.1 Å². The highest BCUT2D eigenvalue weighted by Gasteiger charge is 2.38. The van der Waals surface area contributed by atoms with Crippen molar-refractivity contribution >= 4 is 18.5 Å². The fourth-order valence-corrected chi connectivity index (χ4v) is 4.07. The van der Waals surface area contributed by atoms with Gasteiger partial charge in [-0.05, 0) is 44.0 Å². The Bertz CT molecular complexity index is 1460. The minimum atomic E-state index is -4.94. The van der Waals surface area contributed by atoms with Gasteiger partial charge in [0.15, 0.2) is 6.10 Å². The van der Waals surface area contributed by atoms with E-state index < -0.39 is 48.5 Å². The zero-order chi connectivity index (χ0) is 35.9. The number of hydrogen-bond acceptors (Lipinski definition) is 6. The van der Waals surface area contributed by atoms with Crippen molar-refractivity contribution in [2.75, 3.05) is 25.6 Å². The molecule has 0 aliphatic carbocycles. The average Bonchev–Trinajstić information content (AvgIpc) is 3.01. The molecule has 2 amide bonds. The van der Waals surface area contributed by atoms with Gasteiger partial charge in [-0.1, -0.05) is 24.6 Å². The molecule has 0 saturated carbocycles. The second kappa shape index (κ2) is 19.2. The molecule has 1 heterocycles. The Morgan fingerprint density at radius 2 is 1.57 bits per heavy atom. The summed E-state index contributed by atoms with van der Waals surface area (Å²) in [5.74, 6) is -2.48. The average molecular weight is 680 g/mol. The van der Waals surface area contributed by atoms with E-state index in [-0.39, 0.29) is 47.7 Å². The summed E-state index contributed by atoms with van der Waals surface area (Å²) < 4.78 is 100.0. The third-order valence-corrected chi connectivity index (χ3v) is 6.47. The minimum Gasteiger partial charge on any atom is -0.497 e. The molecule has 0 saturated heterocycles. The number of benzene rings is 2. The molecule has 0 fully saturated rings. The van der Waals surface area contributed by atoms with Gasteiger partial charge in [0.1, 0.15) is 28.8 Å². The van der Waals surface area contributed by atoms with Crippen LogP contribution < -0.4 is 25.2 Å². The van der Waals surface area contributed by atoms with Crippen LogP contribution in [-0.4, -0.2) is 62.1 Å². The summed E-state index contributed by atoms with van der Waals surface area (Å²) in [5, 5.41) is 11.5. The molecule has 260 valence electrons. The minimum absolute atomic E-state index is 0.0316. The largest absolute Gasteiger partial charge is 0.497 e. The molecule has 0 aliphatic heterocycles. The molecule has 2 N–H and O–H groups in total. The summed E-state index contributed by atoms with van der Waals surface area (Å²) in [4.78, 5) is 34.6. The number of carbonyl (C=O) groups excluding carboxylic acids is 2. The van der Waals surface area contributed by atoms with Gasteiger partial charge in [-0.25, -0.2) is 8.78 Å². The molecule has 16 heteroatoms. The number of pyridine rings is 1. The van der Waals surface area contributed by atoms with E-state index in [1.807, 2.05) is 6.92 Å². The third kappa shape index (κ3) is 12.6. The van der Waals surface area contributed by atoms with Crippen molar-refractivity contribution in [3.63, 3.8) is 0 Å². The Morgan fingerprint density at radius 3 is 2.00 bits per heavy atom. The molecule has 0 aliphatic rings. The summed E-state index contributed by atoms with van der Waals surface area (Å²) in [7, 11) is 2.81. The number of rotatable bonds is 12. The number of aliphatic hydroxyl groups is 1. The molecule has 47 heavy (non-hydrogen) atoms. The number of methoxy groups -OCH3 is 1. The maximum absolute atomic E-state index is 14.5. The van der Waals surface area contributed by atoms with Crippen LogP contribution in [0.2, 0.25) is 0 Å². The number of hydrogen-bond donors (Lipinski definition) is 2. The van der Waals surface area contributed by atoms with Gasteiger partial charge in [-0.3, -0.25) is 14.4 Å². The maximum atomic E-state index is 14.5. The lowest BCUT2D eigenvalue weighted by Crippen LogP contribution is -2.39. The molecule has 1 aromatic heterocycles. The lowest BCUT2D eigenvalue weighted by Gasteiger charge is -2.26. The Kier molecular flexibility index (Phi) is 16.5. The lowest BCUT2D eigenvalue weighted by molar-refractivity contribution is -0.207. The maximum Gasteiger partial charge on any atom is 0.416 e. The lowest BCUT2D eigenvalue weighted by atomic mass is 9.94. The van der Waals surface area contributed by atoms with Gasteiger partial charge in [-0.15, -0.1) is 0 Å². The smallest absolute Gasteiger partial charge is 0.416 e. The summed E-state index contributed by atoms with van der Waals surface area (Å²) >= 11 is 0. The van der Waals surface area contributed by atoms with Crippen molar-refractivity contribution < 1.29 is 54.9 Å². The molecule has 3 aromatic rings. The topological polar surface area (TPSA) is 110 Å². The van der Waals surface area contributed by atoms with E-state index in [0.717, 1.165) is 28.8 Å². The summed E-state index contributed by atoms with van der Waals surface area (Å²) in [6.45, 7) is 0.868. The number of anilines is 1. The molecule has 0 bridgehead atoms. The molecular formula is C31H36F7N3O6. The number of halogens is 7. The van der Waals surface area contributed by atoms with Crippen LogP contribution in [0, 0.1) is 25.5 Å². The van der Waals surface area contributed by atoms with Crippen molar-refractivity contribution in [2.24, 2.45) is 0 Å². The number of alkyl halides is 5. The van der Waals surface area contributed by atoms with Crippen LogP contribution in [0.25, 0.3) is 0 Å². The van der Waals surface area contributed by atoms with E-state index >= 15 is 0 Å². The van der Waals surface area contributed by atoms with Crippen molar-refractivity contribution in [3.8, 4) is 11.5 Å². The molecule has 2 unspecified atom stereocenters. The highest BCUT2D eigenvalue weighted by molar-refractivity contribution is 5.76. The van der Waals surface area contributed by atoms with Crippen LogP contribution >= 0.6 is 0 Å². The number of aliphatic hydroxyl groups excluding tert-OH is 1. The van der Waals surface area contributed by atoms with Crippen molar-refractivity contribution in [2.45, 2.75) is 58.5 Å². The Hall–Kier alpha value is -4.60. The highest BCUT2D eigenvalue weighted by Crippen LogP contribution is 2.31. The first-order chi connectivity index (χ1) is 22.0. The van der Waals surface area contributed by atoms with Gasteiger partial charge in [0, 0.05) is 43.4 Å². The van der Waals surface area contributed by atoms with E-state index in [1.165, 1.54) is 32.2 Å². The number of carbonyl (C=O) groups is 2. The first-order valence-electron chi connectivity index (χ1n) is 13.9. The van der Waals surface area contributed by atoms with Crippen LogP contribution in [0.1, 0.15) is 36.0 Å². The molecule has 3 rings (SSSR count). The first kappa shape index (κ1) is 40.4. The van der Waals surface area contributed by atoms with Crippen molar-refractivity contribution in [1.29, 1.82) is 0 Å². The third-order valence-electron chi connectivity index (χ3n) is 6.47. The monoisotopic (exact) mass is 679 g/mol. The fourth-order valence-electron chi connectivity index (χ4n) is 4.07. The molecule has 2 atom stereocenters. The van der Waals surface area contributed by atoms with Crippen LogP contribution in [0.3, 0.4) is 0 Å². The molecule has 2 aromatic carbocycles. The van der Waals surface area contributed by atoms with Gasteiger partial charge in [0.2, 0.25) is 12.8 Å². The number of nitrogens with zero attached hydrogens (tertiary/aromatic N) is 2. The Morgan fingerprint density at radius 1 is 1.02 bits per heavy atom. The van der Waals surface area contributed by atoms with Crippen LogP contribution in [-0.2, 0) is 16.1 Å². The van der Waals surface area contributed by atoms with Gasteiger partial charge in [0.25, 0.3) is 5.56 Å². The normalized spacial score (nSPS) is 12.0. The Labute approximate surface area is 266 Å². The number of ether oxygens (including phenoxy) is 2. The first-order valence-corrected chi connectivity index (χ1v) is 13.9. The second-order valence-electron chi connectivity index (χ2n) is 9.83. The SMILES string of the molecule is CCC(CN(C=O)c1c(C)ccn(CC(O)C(F)(F)F)c1=O)c1c(F)cc(OC)cc1F.CNC=O.Cc1ccc(OC(F)F)cc1. The quantitative estimate of drug-likeness (QED) is 0.194. The van der Waals surface area contributed by atoms with Gasteiger partial charge >= 0.3 is 12.8 Å². The predicted molar refractivity (Wildman–Crippen MR) is 160 cm³/mol. The zero-order valence-electron chi connectivity index (χ0n) is 26.2. The standard InChI is InChI=1S/C21H23F5N2O4.C8H8F2O.C2H5NO/c1-4-13(18-15(22)7-14(32-3)8-16(18)23)9-28(11-29)19-12(2)5-6-27(20(19)31)10-17(30)21(24,25)26;1-6-2-4-7(5-3-6)11-8(9)10;1-3-2-4/h5-8,11,13,17,30H,4,9-10H2,1-3H3;2-5,8H,1H3;2H,1H3,(H,3,4). The predicted octanol–water partition coefficient (Wildman–Crippen LogP) is 5.48. The molecular weight excluding hydrogens is 643 g/mol. The number of aromatic nitrogens is 1. The molecule has 0 spiro atoms. The Balaban J connectivity index is 0.000000605. The van der Waals surface area contributed by atoms with Crippen LogP contribution in [0.4, 0.5) is 36.4 Å². The van der Waals surface area contributed by atoms with Crippen molar-refractivity contribution in [1.82, 2.24) is 9.88 Å². The zero-order valence-corrected chi connectivity index (χ0v) is 26.2. The van der Waals surface area contributed by atoms with E-state index in [1.54, 1.807) is 26.1 Å². The summed E-state index contributed by atoms with van der Waals surface area (Å²) in [6, 6.07) is 9.77. The number of aryl methyl sites for hydroxylation is 2. The fraction of sp³-hybridized carbons (Fsp3) is 0.387. The number of nitrogens with one attached hydrogen (secondary N) is 1. The van der Waals surface area contributed by atoms with E-state index in [4.69, 9.17) is 9.53 Å². The van der Waals surface area contributed by atoms with Gasteiger partial charge < -0.3 is 29.4 Å². The van der Waals surface area contributed by atoms with Gasteiger partial charge in [0.05, 0.1) is 13.7 Å². The number of amides is 2. The summed E-state index contributed by atoms with van der Waals surface area (Å²) in [6.07, 6.45) is -5.57. The van der Waals surface area contributed by atoms with Crippen LogP contribution in [0.15, 0.2) is 53.5 Å². The van der Waals surface area contributed by atoms with Crippen LogP contribution in [0.5, 0.6) is 11.5 Å². The second-order valence-corrected chi connectivity index (χ2v) is 9.83. The van der Waals surface area contributed by atoms with E-state index in [9.17, 15) is 45.4 Å². The summed E-state index contributed by atoms with van der Waals surface area (Å²) in [5.41, 5.74) is -0.214. The van der Waals surface area contributed by atoms with Gasteiger partial charge in [-0.2, -0.15) is 22.0 Å². The van der Waals surface area contributed by atoms with Crippen molar-refractivity contribution in [3.05, 3.63) is 87.3 Å². The molecule has 0 radical (unpaired) electrons. The van der Waals surface area contributed by atoms with E-state index in [0.29, 0.717) is 11.0 Å².